The summed E-state index contributed by atoms with van der Waals surface area (Å²) in [6, 6.07) is 1.01. The molecule has 1 aromatic heterocycles. The van der Waals surface area contributed by atoms with Gasteiger partial charge in [0, 0.05) is 30.4 Å². The summed E-state index contributed by atoms with van der Waals surface area (Å²) >= 11 is 3.01. The third kappa shape index (κ3) is 3.42. The molecule has 1 aromatic rings. The van der Waals surface area contributed by atoms with Gasteiger partial charge in [-0.15, -0.1) is 0 Å². The third-order valence-electron chi connectivity index (χ3n) is 3.38. The van der Waals surface area contributed by atoms with E-state index in [4.69, 9.17) is 10.5 Å². The highest BCUT2D eigenvalue weighted by Gasteiger charge is 2.38. The Morgan fingerprint density at radius 2 is 2.05 bits per heavy atom. The predicted molar refractivity (Wildman–Crippen MR) is 72.4 cm³/mol. The lowest BCUT2D eigenvalue weighted by Gasteiger charge is -2.38. The number of aromatic nitrogens is 1. The lowest BCUT2D eigenvalue weighted by atomic mass is 9.90. The molecule has 0 unspecified atom stereocenters. The summed E-state index contributed by atoms with van der Waals surface area (Å²) in [5.74, 6) is -0.187. The zero-order chi connectivity index (χ0) is 14.8. The second-order valence-electron chi connectivity index (χ2n) is 4.77. The number of nitrogens with two attached hydrogens (primary N) is 1. The molecule has 112 valence electrons. The Hall–Kier alpha value is -0.860. The number of alkyl halides is 3. The van der Waals surface area contributed by atoms with E-state index in [1.165, 1.54) is 6.20 Å². The van der Waals surface area contributed by atoms with Gasteiger partial charge in [0.25, 0.3) is 0 Å². The van der Waals surface area contributed by atoms with Gasteiger partial charge in [0.2, 0.25) is 0 Å². The average molecular weight is 354 g/mol. The molecule has 1 saturated heterocycles. The van der Waals surface area contributed by atoms with Gasteiger partial charge in [0.05, 0.1) is 11.1 Å². The minimum absolute atomic E-state index is 0.187. The highest BCUT2D eigenvalue weighted by molar-refractivity contribution is 9.10. The Kier molecular flexibility index (Phi) is 4.55. The molecule has 1 aliphatic rings. The van der Waals surface area contributed by atoms with E-state index in [1.54, 1.807) is 0 Å². The van der Waals surface area contributed by atoms with Gasteiger partial charge >= 0.3 is 6.18 Å². The molecule has 8 heteroatoms. The summed E-state index contributed by atoms with van der Waals surface area (Å²) in [4.78, 5) is 3.86. The van der Waals surface area contributed by atoms with Gasteiger partial charge < -0.3 is 15.8 Å². The van der Waals surface area contributed by atoms with Crippen molar-refractivity contribution >= 4 is 21.7 Å². The van der Waals surface area contributed by atoms with Crippen LogP contribution in [0.4, 0.5) is 19.0 Å². The van der Waals surface area contributed by atoms with Crippen LogP contribution in [0.25, 0.3) is 0 Å². The van der Waals surface area contributed by atoms with Crippen molar-refractivity contribution in [1.82, 2.24) is 4.98 Å². The Labute approximate surface area is 123 Å². The van der Waals surface area contributed by atoms with E-state index in [1.807, 2.05) is 0 Å². The molecule has 0 radical (unpaired) electrons. The van der Waals surface area contributed by atoms with Gasteiger partial charge in [-0.25, -0.2) is 4.98 Å². The van der Waals surface area contributed by atoms with Crippen LogP contribution in [0, 0.1) is 0 Å². The second kappa shape index (κ2) is 5.87. The van der Waals surface area contributed by atoms with E-state index in [2.05, 4.69) is 26.2 Å². The van der Waals surface area contributed by atoms with Crippen molar-refractivity contribution in [2.24, 2.45) is 5.73 Å². The molecule has 1 fully saturated rings. The van der Waals surface area contributed by atoms with Crippen LogP contribution < -0.4 is 11.1 Å². The molecule has 0 aliphatic carbocycles. The first kappa shape index (κ1) is 15.5. The number of hydrogen-bond acceptors (Lipinski definition) is 4. The van der Waals surface area contributed by atoms with Crippen molar-refractivity contribution in [2.75, 3.05) is 25.1 Å². The minimum Gasteiger partial charge on any atom is -0.381 e. The SMILES string of the molecule is NCC1(Nc2ncc(Br)cc2C(F)(F)F)CCOCC1. The number of anilines is 1. The van der Waals surface area contributed by atoms with Crippen LogP contribution in [-0.2, 0) is 10.9 Å². The van der Waals surface area contributed by atoms with Gasteiger partial charge in [-0.05, 0) is 34.8 Å². The van der Waals surface area contributed by atoms with Crippen LogP contribution in [0.1, 0.15) is 18.4 Å². The first-order chi connectivity index (χ1) is 9.36. The third-order valence-corrected chi connectivity index (χ3v) is 3.82. The summed E-state index contributed by atoms with van der Waals surface area (Å²) in [5.41, 5.74) is 4.34. The van der Waals surface area contributed by atoms with Crippen LogP contribution in [-0.4, -0.2) is 30.3 Å². The monoisotopic (exact) mass is 353 g/mol. The van der Waals surface area contributed by atoms with Crippen molar-refractivity contribution in [3.8, 4) is 0 Å². The van der Waals surface area contributed by atoms with Gasteiger partial charge in [-0.2, -0.15) is 13.2 Å². The topological polar surface area (TPSA) is 60.2 Å². The highest BCUT2D eigenvalue weighted by atomic mass is 79.9. The number of pyridine rings is 1. The van der Waals surface area contributed by atoms with Crippen LogP contribution in [0.2, 0.25) is 0 Å². The van der Waals surface area contributed by atoms with E-state index in [0.717, 1.165) is 6.07 Å². The zero-order valence-electron chi connectivity index (χ0n) is 10.6. The molecule has 2 heterocycles. The highest BCUT2D eigenvalue weighted by Crippen LogP contribution is 2.37. The summed E-state index contributed by atoms with van der Waals surface area (Å²) < 4.78 is 44.7. The maximum Gasteiger partial charge on any atom is 0.419 e. The van der Waals surface area contributed by atoms with Crippen molar-refractivity contribution < 1.29 is 17.9 Å². The smallest absolute Gasteiger partial charge is 0.381 e. The van der Waals surface area contributed by atoms with Crippen molar-refractivity contribution in [1.29, 1.82) is 0 Å². The van der Waals surface area contributed by atoms with E-state index in [9.17, 15) is 13.2 Å². The molecule has 2 rings (SSSR count). The number of ether oxygens (including phenoxy) is 1. The number of hydrogen-bond donors (Lipinski definition) is 2. The van der Waals surface area contributed by atoms with Gasteiger partial charge in [0.1, 0.15) is 5.82 Å². The predicted octanol–water partition coefficient (Wildman–Crippen LogP) is 2.78. The van der Waals surface area contributed by atoms with Crippen molar-refractivity contribution in [3.63, 3.8) is 0 Å². The first-order valence-corrected chi connectivity index (χ1v) is 6.94. The molecule has 3 N–H and O–H groups in total. The van der Waals surface area contributed by atoms with Gasteiger partial charge in [-0.3, -0.25) is 0 Å². The van der Waals surface area contributed by atoms with Gasteiger partial charge in [-0.1, -0.05) is 0 Å². The molecule has 0 spiro atoms. The molecule has 1 aliphatic heterocycles. The Bertz CT molecular complexity index is 476. The molecule has 0 atom stereocenters. The molecule has 4 nitrogen and oxygen atoms in total. The summed E-state index contributed by atoms with van der Waals surface area (Å²) in [5, 5.41) is 2.89. The lowest BCUT2D eigenvalue weighted by Crippen LogP contribution is -2.50. The maximum absolute atomic E-state index is 13.1. The number of rotatable bonds is 3. The van der Waals surface area contributed by atoms with E-state index in [-0.39, 0.29) is 16.8 Å². The van der Waals surface area contributed by atoms with Crippen LogP contribution in [0.15, 0.2) is 16.7 Å². The maximum atomic E-state index is 13.1. The molecular weight excluding hydrogens is 339 g/mol. The van der Waals surface area contributed by atoms with Crippen LogP contribution in [0.5, 0.6) is 0 Å². The Morgan fingerprint density at radius 1 is 1.40 bits per heavy atom. The normalized spacial score (nSPS) is 18.9. The summed E-state index contributed by atoms with van der Waals surface area (Å²) in [6.45, 7) is 1.18. The zero-order valence-corrected chi connectivity index (χ0v) is 12.2. The quantitative estimate of drug-likeness (QED) is 0.877. The van der Waals surface area contributed by atoms with Crippen LogP contribution >= 0.6 is 15.9 Å². The number of nitrogens with one attached hydrogen (secondary N) is 1. The van der Waals surface area contributed by atoms with E-state index in [0.29, 0.717) is 26.1 Å². The molecule has 20 heavy (non-hydrogen) atoms. The summed E-state index contributed by atoms with van der Waals surface area (Å²) in [7, 11) is 0. The second-order valence-corrected chi connectivity index (χ2v) is 5.68. The lowest BCUT2D eigenvalue weighted by molar-refractivity contribution is -0.137. The van der Waals surface area contributed by atoms with Gasteiger partial charge in [0.15, 0.2) is 0 Å². The fourth-order valence-electron chi connectivity index (χ4n) is 2.15. The minimum atomic E-state index is -4.47. The van der Waals surface area contributed by atoms with Crippen molar-refractivity contribution in [2.45, 2.75) is 24.6 Å². The molecule has 0 amide bonds. The molecule has 0 saturated carbocycles. The van der Waals surface area contributed by atoms with E-state index < -0.39 is 17.3 Å². The number of nitrogens with zero attached hydrogens (tertiary/aromatic N) is 1. The standard InChI is InChI=1S/C12H15BrF3N3O/c13-8-5-9(12(14,15)16)10(18-6-8)19-11(7-17)1-3-20-4-2-11/h5-6H,1-4,7,17H2,(H,18,19). The molecular formula is C12H15BrF3N3O. The first-order valence-electron chi connectivity index (χ1n) is 6.15. The fourth-order valence-corrected chi connectivity index (χ4v) is 2.48. The molecule has 0 aromatic carbocycles. The summed E-state index contributed by atoms with van der Waals surface area (Å²) in [6.07, 6.45) is -2.03. The number of halogens is 4. The average Bonchev–Trinajstić information content (AvgIpc) is 2.41. The Morgan fingerprint density at radius 3 is 2.60 bits per heavy atom. The molecule has 0 bridgehead atoms. The van der Waals surface area contributed by atoms with Crippen LogP contribution in [0.3, 0.4) is 0 Å². The van der Waals surface area contributed by atoms with Crippen molar-refractivity contribution in [3.05, 3.63) is 22.3 Å². The Balaban J connectivity index is 2.32. The fraction of sp³-hybridized carbons (Fsp3) is 0.583. The van der Waals surface area contributed by atoms with E-state index >= 15 is 0 Å². The largest absolute Gasteiger partial charge is 0.419 e.